The summed E-state index contributed by atoms with van der Waals surface area (Å²) >= 11 is 5.96. The van der Waals surface area contributed by atoms with E-state index in [1.807, 2.05) is 0 Å². The van der Waals surface area contributed by atoms with E-state index in [1.165, 1.54) is 29.2 Å². The first-order chi connectivity index (χ1) is 11.0. The Morgan fingerprint density at radius 3 is 2.52 bits per heavy atom. The molecule has 3 aromatic rings. The van der Waals surface area contributed by atoms with E-state index in [1.54, 1.807) is 31.2 Å². The van der Waals surface area contributed by atoms with E-state index in [0.717, 1.165) is 0 Å². The predicted molar refractivity (Wildman–Crippen MR) is 83.2 cm³/mol. The van der Waals surface area contributed by atoms with Crippen LogP contribution < -0.4 is 4.18 Å². The SMILES string of the molecule is Cc1c(Cl)cccc1S(=O)(=O)Oc1ccc(-n2cnnn2)cc1. The van der Waals surface area contributed by atoms with Crippen molar-refractivity contribution in [3.8, 4) is 11.4 Å². The molecule has 0 bridgehead atoms. The Balaban J connectivity index is 1.87. The average Bonchev–Trinajstić information content (AvgIpc) is 3.04. The van der Waals surface area contributed by atoms with Crippen LogP contribution in [0, 0.1) is 6.92 Å². The Bertz CT molecular complexity index is 925. The molecule has 0 aliphatic heterocycles. The first-order valence-electron chi connectivity index (χ1n) is 6.50. The van der Waals surface area contributed by atoms with E-state index >= 15 is 0 Å². The molecule has 0 unspecified atom stereocenters. The third-order valence-corrected chi connectivity index (χ3v) is 4.95. The Morgan fingerprint density at radius 2 is 1.87 bits per heavy atom. The minimum absolute atomic E-state index is 0.0366. The molecule has 0 saturated heterocycles. The van der Waals surface area contributed by atoms with Gasteiger partial charge in [-0.05, 0) is 59.3 Å². The zero-order valence-electron chi connectivity index (χ0n) is 11.9. The minimum Gasteiger partial charge on any atom is -0.379 e. The lowest BCUT2D eigenvalue weighted by molar-refractivity contribution is 0.485. The second-order valence-corrected chi connectivity index (χ2v) is 6.57. The van der Waals surface area contributed by atoms with E-state index in [4.69, 9.17) is 15.8 Å². The van der Waals surface area contributed by atoms with Crippen molar-refractivity contribution >= 4 is 21.7 Å². The maximum absolute atomic E-state index is 12.4. The topological polar surface area (TPSA) is 87.0 Å². The van der Waals surface area contributed by atoms with Gasteiger partial charge in [0, 0.05) is 5.02 Å². The molecule has 0 amide bonds. The monoisotopic (exact) mass is 350 g/mol. The lowest BCUT2D eigenvalue weighted by Gasteiger charge is -2.10. The number of rotatable bonds is 4. The smallest absolute Gasteiger partial charge is 0.339 e. The molecule has 0 atom stereocenters. The zero-order chi connectivity index (χ0) is 16.4. The van der Waals surface area contributed by atoms with E-state index in [2.05, 4.69) is 15.5 Å². The maximum Gasteiger partial charge on any atom is 0.339 e. The molecule has 1 aromatic heterocycles. The molecular weight excluding hydrogens is 340 g/mol. The van der Waals surface area contributed by atoms with Gasteiger partial charge < -0.3 is 4.18 Å². The van der Waals surface area contributed by atoms with Gasteiger partial charge in [0.1, 0.15) is 17.0 Å². The Labute approximate surface area is 137 Å². The number of hydrogen-bond donors (Lipinski definition) is 0. The summed E-state index contributed by atoms with van der Waals surface area (Å²) in [5.41, 5.74) is 1.12. The van der Waals surface area contributed by atoms with Crippen LogP contribution in [0.15, 0.2) is 53.7 Å². The molecule has 118 valence electrons. The van der Waals surface area contributed by atoms with Gasteiger partial charge in [0.25, 0.3) is 0 Å². The van der Waals surface area contributed by atoms with E-state index in [0.29, 0.717) is 16.3 Å². The fraction of sp³-hybridized carbons (Fsp3) is 0.0714. The lowest BCUT2D eigenvalue weighted by Crippen LogP contribution is -2.11. The van der Waals surface area contributed by atoms with Crippen molar-refractivity contribution in [3.63, 3.8) is 0 Å². The first-order valence-corrected chi connectivity index (χ1v) is 8.29. The third kappa shape index (κ3) is 3.17. The van der Waals surface area contributed by atoms with Crippen LogP contribution in [0.2, 0.25) is 5.02 Å². The summed E-state index contributed by atoms with van der Waals surface area (Å²) < 4.78 is 31.3. The Kier molecular flexibility index (Phi) is 4.01. The molecule has 2 aromatic carbocycles. The number of halogens is 1. The van der Waals surface area contributed by atoms with Crippen LogP contribution in [0.4, 0.5) is 0 Å². The van der Waals surface area contributed by atoms with Crippen molar-refractivity contribution in [2.24, 2.45) is 0 Å². The lowest BCUT2D eigenvalue weighted by atomic mass is 10.2. The number of benzene rings is 2. The fourth-order valence-corrected chi connectivity index (χ4v) is 3.38. The van der Waals surface area contributed by atoms with E-state index in [-0.39, 0.29) is 10.6 Å². The summed E-state index contributed by atoms with van der Waals surface area (Å²) in [6.07, 6.45) is 1.43. The molecule has 0 fully saturated rings. The highest BCUT2D eigenvalue weighted by Crippen LogP contribution is 2.26. The average molecular weight is 351 g/mol. The molecule has 9 heteroatoms. The van der Waals surface area contributed by atoms with Gasteiger partial charge in [0.05, 0.1) is 5.69 Å². The van der Waals surface area contributed by atoms with Gasteiger partial charge in [-0.15, -0.1) is 5.10 Å². The number of tetrazole rings is 1. The van der Waals surface area contributed by atoms with Crippen LogP contribution in [0.1, 0.15) is 5.56 Å². The highest BCUT2D eigenvalue weighted by atomic mass is 35.5. The summed E-state index contributed by atoms with van der Waals surface area (Å²) in [5.74, 6) is 0.182. The highest BCUT2D eigenvalue weighted by molar-refractivity contribution is 7.87. The molecule has 0 spiro atoms. The van der Waals surface area contributed by atoms with Crippen molar-refractivity contribution in [1.29, 1.82) is 0 Å². The first kappa shape index (κ1) is 15.4. The predicted octanol–water partition coefficient (Wildman–Crippen LogP) is 2.39. The molecule has 0 saturated carbocycles. The van der Waals surface area contributed by atoms with Gasteiger partial charge in [-0.2, -0.15) is 8.42 Å². The van der Waals surface area contributed by atoms with E-state index in [9.17, 15) is 8.42 Å². The van der Waals surface area contributed by atoms with Gasteiger partial charge in [-0.3, -0.25) is 0 Å². The number of nitrogens with zero attached hydrogens (tertiary/aromatic N) is 4. The molecule has 23 heavy (non-hydrogen) atoms. The van der Waals surface area contributed by atoms with Crippen LogP contribution in [-0.2, 0) is 10.1 Å². The fourth-order valence-electron chi connectivity index (χ4n) is 1.96. The largest absolute Gasteiger partial charge is 0.379 e. The van der Waals surface area contributed by atoms with Crippen LogP contribution >= 0.6 is 11.6 Å². The quantitative estimate of drug-likeness (QED) is 0.671. The molecule has 0 aliphatic carbocycles. The summed E-state index contributed by atoms with van der Waals surface area (Å²) in [5, 5.41) is 11.2. The standard InChI is InChI=1S/C14H11ClN4O3S/c1-10-13(15)3-2-4-14(10)23(20,21)22-12-7-5-11(6-8-12)19-9-16-17-18-19/h2-9H,1H3. The number of aromatic nitrogens is 4. The second-order valence-electron chi connectivity index (χ2n) is 4.65. The van der Waals surface area contributed by atoms with Crippen LogP contribution in [0.25, 0.3) is 5.69 Å². The maximum atomic E-state index is 12.4. The zero-order valence-corrected chi connectivity index (χ0v) is 13.5. The van der Waals surface area contributed by atoms with Crippen molar-refractivity contribution in [1.82, 2.24) is 20.2 Å². The van der Waals surface area contributed by atoms with Gasteiger partial charge in [0.2, 0.25) is 0 Å². The van der Waals surface area contributed by atoms with Crippen LogP contribution in [0.5, 0.6) is 5.75 Å². The molecule has 3 rings (SSSR count). The van der Waals surface area contributed by atoms with Crippen molar-refractivity contribution in [2.75, 3.05) is 0 Å². The van der Waals surface area contributed by atoms with Crippen LogP contribution in [-0.4, -0.2) is 28.6 Å². The van der Waals surface area contributed by atoms with Crippen molar-refractivity contribution < 1.29 is 12.6 Å². The van der Waals surface area contributed by atoms with Gasteiger partial charge in [0.15, 0.2) is 0 Å². The molecule has 0 aliphatic rings. The third-order valence-electron chi connectivity index (χ3n) is 3.14. The normalized spacial score (nSPS) is 11.4. The summed E-state index contributed by atoms with van der Waals surface area (Å²) in [7, 11) is -3.96. The van der Waals surface area contributed by atoms with E-state index < -0.39 is 10.1 Å². The Morgan fingerprint density at radius 1 is 1.13 bits per heavy atom. The summed E-state index contributed by atoms with van der Waals surface area (Å²) in [6.45, 7) is 1.62. The van der Waals surface area contributed by atoms with Gasteiger partial charge in [-0.1, -0.05) is 17.7 Å². The molecule has 0 N–H and O–H groups in total. The summed E-state index contributed by atoms with van der Waals surface area (Å²) in [6, 6.07) is 11.0. The molecule has 0 radical (unpaired) electrons. The van der Waals surface area contributed by atoms with Gasteiger partial charge >= 0.3 is 10.1 Å². The minimum atomic E-state index is -3.96. The van der Waals surface area contributed by atoms with Crippen molar-refractivity contribution in [3.05, 3.63) is 59.4 Å². The highest BCUT2D eigenvalue weighted by Gasteiger charge is 2.20. The second kappa shape index (κ2) is 5.98. The van der Waals surface area contributed by atoms with Gasteiger partial charge in [-0.25, -0.2) is 4.68 Å². The molecule has 1 heterocycles. The molecule has 7 nitrogen and oxygen atoms in total. The summed E-state index contributed by atoms with van der Waals surface area (Å²) in [4.78, 5) is 0.0366. The van der Waals surface area contributed by atoms with Crippen LogP contribution in [0.3, 0.4) is 0 Å². The Hall–Kier alpha value is -2.45. The number of hydrogen-bond acceptors (Lipinski definition) is 6. The van der Waals surface area contributed by atoms with Crippen molar-refractivity contribution in [2.45, 2.75) is 11.8 Å². The molecular formula is C14H11ClN4O3S.